The first-order valence-electron chi connectivity index (χ1n) is 9.51. The van der Waals surface area contributed by atoms with Gasteiger partial charge in [-0.1, -0.05) is 0 Å². The van der Waals surface area contributed by atoms with Gasteiger partial charge in [-0.05, 0) is 49.2 Å². The van der Waals surface area contributed by atoms with Gasteiger partial charge in [-0.3, -0.25) is 4.79 Å². The first kappa shape index (κ1) is 21.9. The van der Waals surface area contributed by atoms with Gasteiger partial charge in [-0.15, -0.1) is 0 Å². The van der Waals surface area contributed by atoms with Crippen molar-refractivity contribution in [2.45, 2.75) is 30.7 Å². The van der Waals surface area contributed by atoms with Crippen molar-refractivity contribution in [3.63, 3.8) is 0 Å². The van der Waals surface area contributed by atoms with E-state index in [4.69, 9.17) is 14.2 Å². The molecule has 2 aromatic carbocycles. The highest BCUT2D eigenvalue weighted by atomic mass is 32.2. The van der Waals surface area contributed by atoms with E-state index in [1.165, 1.54) is 36.5 Å². The maximum Gasteiger partial charge on any atom is 0.243 e. The normalized spacial score (nSPS) is 16.9. The first-order chi connectivity index (χ1) is 14.3. The van der Waals surface area contributed by atoms with Crippen LogP contribution in [0.25, 0.3) is 0 Å². The number of anilines is 1. The highest BCUT2D eigenvalue weighted by Crippen LogP contribution is 2.42. The Hall–Kier alpha value is -2.78. The number of sulfonamides is 1. The molecule has 0 aliphatic carbocycles. The summed E-state index contributed by atoms with van der Waals surface area (Å²) < 4.78 is 44.5. The number of amides is 1. The molecule has 0 saturated carbocycles. The van der Waals surface area contributed by atoms with Crippen molar-refractivity contribution >= 4 is 21.6 Å². The quantitative estimate of drug-likeness (QED) is 0.719. The first-order valence-corrected chi connectivity index (χ1v) is 10.9. The van der Waals surface area contributed by atoms with Gasteiger partial charge in [-0.25, -0.2) is 8.42 Å². The second kappa shape index (κ2) is 8.93. The zero-order chi connectivity index (χ0) is 21.9. The van der Waals surface area contributed by atoms with Gasteiger partial charge in [0.05, 0.1) is 38.0 Å². The van der Waals surface area contributed by atoms with Crippen LogP contribution in [0.1, 0.15) is 31.4 Å². The Morgan fingerprint density at radius 1 is 1.03 bits per heavy atom. The Labute approximate surface area is 176 Å². The van der Waals surface area contributed by atoms with E-state index in [1.807, 2.05) is 6.07 Å². The van der Waals surface area contributed by atoms with Crippen LogP contribution in [0.3, 0.4) is 0 Å². The number of benzene rings is 2. The molecule has 1 aliphatic heterocycles. The van der Waals surface area contributed by atoms with Crippen LogP contribution in [-0.2, 0) is 14.8 Å². The van der Waals surface area contributed by atoms with E-state index in [0.717, 1.165) is 12.0 Å². The second-order valence-corrected chi connectivity index (χ2v) is 8.82. The molecule has 30 heavy (non-hydrogen) atoms. The van der Waals surface area contributed by atoms with Crippen molar-refractivity contribution < 1.29 is 27.4 Å². The summed E-state index contributed by atoms with van der Waals surface area (Å²) in [4.78, 5) is 11.6. The van der Waals surface area contributed by atoms with E-state index in [-0.39, 0.29) is 16.8 Å². The number of hydrogen-bond acceptors (Lipinski definition) is 6. The van der Waals surface area contributed by atoms with Gasteiger partial charge in [0, 0.05) is 19.0 Å². The van der Waals surface area contributed by atoms with Crippen molar-refractivity contribution in [3.05, 3.63) is 42.0 Å². The molecule has 1 heterocycles. The number of nitrogens with one attached hydrogen (secondary N) is 1. The third kappa shape index (κ3) is 4.22. The lowest BCUT2D eigenvalue weighted by molar-refractivity contribution is -0.114. The molecule has 3 rings (SSSR count). The summed E-state index contributed by atoms with van der Waals surface area (Å²) in [6.07, 6.45) is 1.39. The lowest BCUT2D eigenvalue weighted by Crippen LogP contribution is -2.31. The molecule has 2 aromatic rings. The van der Waals surface area contributed by atoms with Crippen LogP contribution in [0.2, 0.25) is 0 Å². The standard InChI is InChI=1S/C21H26N2O6S/c1-14(24)22-18-13-16(8-10-21(18)29-4)30(25,26)23-11-5-6-19(23)17-12-15(27-2)7-9-20(17)28-3/h7-10,12-13,19H,5-6,11H2,1-4H3,(H,22,24). The molecule has 1 amide bonds. The SMILES string of the molecule is COc1ccc(OC)c(C2CCCN2S(=O)(=O)c2ccc(OC)c(NC(C)=O)c2)c1. The van der Waals surface area contributed by atoms with Gasteiger partial charge in [-0.2, -0.15) is 4.31 Å². The summed E-state index contributed by atoms with van der Waals surface area (Å²) in [5.74, 6) is 1.31. The average Bonchev–Trinajstić information content (AvgIpc) is 3.23. The number of rotatable bonds is 7. The molecule has 0 spiro atoms. The molecule has 1 fully saturated rings. The van der Waals surface area contributed by atoms with Gasteiger partial charge in [0.25, 0.3) is 0 Å². The third-order valence-electron chi connectivity index (χ3n) is 5.09. The van der Waals surface area contributed by atoms with E-state index in [9.17, 15) is 13.2 Å². The minimum Gasteiger partial charge on any atom is -0.497 e. The van der Waals surface area contributed by atoms with E-state index in [2.05, 4.69) is 5.32 Å². The number of ether oxygens (including phenoxy) is 3. The van der Waals surface area contributed by atoms with Gasteiger partial charge in [0.2, 0.25) is 15.9 Å². The fourth-order valence-corrected chi connectivity index (χ4v) is 5.41. The van der Waals surface area contributed by atoms with Crippen LogP contribution in [0.5, 0.6) is 17.2 Å². The highest BCUT2D eigenvalue weighted by molar-refractivity contribution is 7.89. The zero-order valence-corrected chi connectivity index (χ0v) is 18.3. The Morgan fingerprint density at radius 3 is 2.37 bits per heavy atom. The number of carbonyl (C=O) groups excluding carboxylic acids is 1. The smallest absolute Gasteiger partial charge is 0.243 e. The molecule has 0 aromatic heterocycles. The molecule has 8 nitrogen and oxygen atoms in total. The van der Waals surface area contributed by atoms with Crippen LogP contribution in [-0.4, -0.2) is 46.5 Å². The fourth-order valence-electron chi connectivity index (χ4n) is 3.71. The van der Waals surface area contributed by atoms with E-state index in [1.54, 1.807) is 26.4 Å². The largest absolute Gasteiger partial charge is 0.497 e. The van der Waals surface area contributed by atoms with Crippen LogP contribution in [0.15, 0.2) is 41.3 Å². The molecule has 1 aliphatic rings. The molecular weight excluding hydrogens is 408 g/mol. The lowest BCUT2D eigenvalue weighted by atomic mass is 10.0. The summed E-state index contributed by atoms with van der Waals surface area (Å²) in [6.45, 7) is 1.74. The lowest BCUT2D eigenvalue weighted by Gasteiger charge is -2.26. The summed E-state index contributed by atoms with van der Waals surface area (Å²) in [5.41, 5.74) is 1.06. The molecule has 9 heteroatoms. The van der Waals surface area contributed by atoms with E-state index < -0.39 is 10.0 Å². The number of methoxy groups -OCH3 is 3. The second-order valence-electron chi connectivity index (χ2n) is 6.92. The molecule has 1 N–H and O–H groups in total. The van der Waals surface area contributed by atoms with Gasteiger partial charge in [0.15, 0.2) is 0 Å². The van der Waals surface area contributed by atoms with E-state index in [0.29, 0.717) is 35.9 Å². The molecule has 0 radical (unpaired) electrons. The third-order valence-corrected chi connectivity index (χ3v) is 6.99. The monoisotopic (exact) mass is 434 g/mol. The summed E-state index contributed by atoms with van der Waals surface area (Å²) >= 11 is 0. The van der Waals surface area contributed by atoms with Crippen LogP contribution < -0.4 is 19.5 Å². The van der Waals surface area contributed by atoms with Crippen molar-refractivity contribution in [1.29, 1.82) is 0 Å². The van der Waals surface area contributed by atoms with Crippen LogP contribution >= 0.6 is 0 Å². The minimum atomic E-state index is -3.83. The molecule has 0 bridgehead atoms. The number of nitrogens with zero attached hydrogens (tertiary/aromatic N) is 1. The topological polar surface area (TPSA) is 94.2 Å². The predicted molar refractivity (Wildman–Crippen MR) is 113 cm³/mol. The Kier molecular flexibility index (Phi) is 6.52. The molecule has 162 valence electrons. The highest BCUT2D eigenvalue weighted by Gasteiger charge is 2.38. The summed E-state index contributed by atoms with van der Waals surface area (Å²) in [7, 11) is 0.748. The molecular formula is C21H26N2O6S. The van der Waals surface area contributed by atoms with Crippen LogP contribution in [0, 0.1) is 0 Å². The molecule has 1 saturated heterocycles. The van der Waals surface area contributed by atoms with Gasteiger partial charge < -0.3 is 19.5 Å². The maximum atomic E-state index is 13.5. The summed E-state index contributed by atoms with van der Waals surface area (Å²) in [5, 5.41) is 2.62. The number of carbonyl (C=O) groups is 1. The van der Waals surface area contributed by atoms with E-state index >= 15 is 0 Å². The van der Waals surface area contributed by atoms with Crippen molar-refractivity contribution in [1.82, 2.24) is 4.31 Å². The van der Waals surface area contributed by atoms with Crippen molar-refractivity contribution in [2.75, 3.05) is 33.2 Å². The van der Waals surface area contributed by atoms with Gasteiger partial charge in [0.1, 0.15) is 17.2 Å². The number of hydrogen-bond donors (Lipinski definition) is 1. The van der Waals surface area contributed by atoms with Crippen molar-refractivity contribution in [2.24, 2.45) is 0 Å². The predicted octanol–water partition coefficient (Wildman–Crippen LogP) is 3.20. The van der Waals surface area contributed by atoms with Gasteiger partial charge >= 0.3 is 0 Å². The molecule has 1 unspecified atom stereocenters. The van der Waals surface area contributed by atoms with Crippen molar-refractivity contribution in [3.8, 4) is 17.2 Å². The Bertz CT molecular complexity index is 1040. The van der Waals surface area contributed by atoms with Crippen LogP contribution in [0.4, 0.5) is 5.69 Å². The molecule has 1 atom stereocenters. The fraction of sp³-hybridized carbons (Fsp3) is 0.381. The Morgan fingerprint density at radius 2 is 1.73 bits per heavy atom. The average molecular weight is 435 g/mol. The Balaban J connectivity index is 2.03. The zero-order valence-electron chi connectivity index (χ0n) is 17.5. The minimum absolute atomic E-state index is 0.0841. The summed E-state index contributed by atoms with van der Waals surface area (Å²) in [6, 6.07) is 9.43. The maximum absolute atomic E-state index is 13.5.